The molecule has 1 rings (SSSR count). The number of ether oxygens (including phenoxy) is 3. The van der Waals surface area contributed by atoms with Crippen molar-refractivity contribution >= 4 is 5.97 Å². The van der Waals surface area contributed by atoms with Gasteiger partial charge in [-0.2, -0.15) is 0 Å². The molecule has 0 unspecified atom stereocenters. The number of hydrogen-bond acceptors (Lipinski definition) is 4. The van der Waals surface area contributed by atoms with E-state index in [2.05, 4.69) is 0 Å². The lowest BCUT2D eigenvalue weighted by Crippen LogP contribution is -2.07. The molecule has 0 amide bonds. The third kappa shape index (κ3) is 2.45. The van der Waals surface area contributed by atoms with Gasteiger partial charge in [0.05, 0.1) is 20.8 Å². The van der Waals surface area contributed by atoms with Gasteiger partial charge in [-0.3, -0.25) is 0 Å². The highest BCUT2D eigenvalue weighted by Crippen LogP contribution is 2.28. The van der Waals surface area contributed by atoms with E-state index in [0.717, 1.165) is 5.56 Å². The number of carbonyl (C=O) groups excluding carboxylic acids is 1. The molecule has 0 atom stereocenters. The van der Waals surface area contributed by atoms with Gasteiger partial charge in [0, 0.05) is 6.07 Å². The first-order chi connectivity index (χ1) is 7.63. The average Bonchev–Trinajstić information content (AvgIpc) is 2.29. The van der Waals surface area contributed by atoms with Gasteiger partial charge < -0.3 is 14.2 Å². The molecule has 1 aromatic rings. The fourth-order valence-corrected chi connectivity index (χ4v) is 1.43. The van der Waals surface area contributed by atoms with Crippen molar-refractivity contribution in [3.8, 4) is 11.5 Å². The third-order valence-electron chi connectivity index (χ3n) is 2.21. The molecule has 16 heavy (non-hydrogen) atoms. The van der Waals surface area contributed by atoms with Gasteiger partial charge in [0.15, 0.2) is 0 Å². The molecule has 0 saturated carbocycles. The SMILES string of the molecule is CCOC(=O)c1cc(C)c(OC)cc1OC. The average molecular weight is 224 g/mol. The molecule has 0 aromatic heterocycles. The second-order valence-electron chi connectivity index (χ2n) is 3.24. The Morgan fingerprint density at radius 1 is 1.19 bits per heavy atom. The molecule has 0 aliphatic rings. The molecule has 0 heterocycles. The van der Waals surface area contributed by atoms with Gasteiger partial charge in [-0.25, -0.2) is 4.79 Å². The number of hydrogen-bond donors (Lipinski definition) is 0. The minimum absolute atomic E-state index is 0.340. The first kappa shape index (κ1) is 12.4. The molecule has 0 N–H and O–H groups in total. The van der Waals surface area contributed by atoms with Crippen LogP contribution in [0.15, 0.2) is 12.1 Å². The van der Waals surface area contributed by atoms with Crippen molar-refractivity contribution < 1.29 is 19.0 Å². The first-order valence-corrected chi connectivity index (χ1v) is 5.03. The second-order valence-corrected chi connectivity index (χ2v) is 3.24. The number of carbonyl (C=O) groups is 1. The van der Waals surface area contributed by atoms with Crippen LogP contribution in [0.4, 0.5) is 0 Å². The molecule has 0 aliphatic heterocycles. The molecule has 0 saturated heterocycles. The normalized spacial score (nSPS) is 9.75. The molecule has 1 aromatic carbocycles. The zero-order valence-corrected chi connectivity index (χ0v) is 9.99. The van der Waals surface area contributed by atoms with Crippen molar-refractivity contribution in [3.05, 3.63) is 23.3 Å². The molecule has 4 heteroatoms. The third-order valence-corrected chi connectivity index (χ3v) is 2.21. The van der Waals surface area contributed by atoms with E-state index < -0.39 is 0 Å². The highest BCUT2D eigenvalue weighted by Gasteiger charge is 2.16. The van der Waals surface area contributed by atoms with Crippen LogP contribution in [-0.2, 0) is 4.74 Å². The minimum atomic E-state index is -0.384. The van der Waals surface area contributed by atoms with Crippen LogP contribution < -0.4 is 9.47 Å². The van der Waals surface area contributed by atoms with Crippen LogP contribution in [0.25, 0.3) is 0 Å². The van der Waals surface area contributed by atoms with E-state index in [1.807, 2.05) is 6.92 Å². The second kappa shape index (κ2) is 5.39. The summed E-state index contributed by atoms with van der Waals surface area (Å²) in [6, 6.07) is 3.39. The topological polar surface area (TPSA) is 44.8 Å². The lowest BCUT2D eigenvalue weighted by molar-refractivity contribution is 0.0522. The molecular weight excluding hydrogens is 208 g/mol. The maximum absolute atomic E-state index is 11.6. The lowest BCUT2D eigenvalue weighted by atomic mass is 10.1. The summed E-state index contributed by atoms with van der Waals surface area (Å²) < 4.78 is 15.2. The van der Waals surface area contributed by atoms with Crippen LogP contribution in [0.5, 0.6) is 11.5 Å². The number of benzene rings is 1. The molecule has 88 valence electrons. The predicted molar refractivity (Wildman–Crippen MR) is 60.2 cm³/mol. The number of rotatable bonds is 4. The maximum atomic E-state index is 11.6. The van der Waals surface area contributed by atoms with Crippen LogP contribution in [0.3, 0.4) is 0 Å². The maximum Gasteiger partial charge on any atom is 0.341 e. The van der Waals surface area contributed by atoms with Crippen LogP contribution in [0.1, 0.15) is 22.8 Å². The van der Waals surface area contributed by atoms with Crippen LogP contribution in [0, 0.1) is 6.92 Å². The zero-order valence-electron chi connectivity index (χ0n) is 9.99. The summed E-state index contributed by atoms with van der Waals surface area (Å²) in [4.78, 5) is 11.6. The number of esters is 1. The van der Waals surface area contributed by atoms with E-state index >= 15 is 0 Å². The van der Waals surface area contributed by atoms with Crippen molar-refractivity contribution in [2.75, 3.05) is 20.8 Å². The van der Waals surface area contributed by atoms with Gasteiger partial charge in [0.25, 0.3) is 0 Å². The Morgan fingerprint density at radius 2 is 1.81 bits per heavy atom. The lowest BCUT2D eigenvalue weighted by Gasteiger charge is -2.11. The summed E-state index contributed by atoms with van der Waals surface area (Å²) in [7, 11) is 3.08. The highest BCUT2D eigenvalue weighted by molar-refractivity contribution is 5.93. The molecule has 0 aliphatic carbocycles. The van der Waals surface area contributed by atoms with Gasteiger partial charge in [-0.15, -0.1) is 0 Å². The summed E-state index contributed by atoms with van der Waals surface area (Å²) in [5, 5.41) is 0. The molecule has 4 nitrogen and oxygen atoms in total. The Kier molecular flexibility index (Phi) is 4.17. The molecule has 0 radical (unpaired) electrons. The Bertz CT molecular complexity index is 385. The van der Waals surface area contributed by atoms with Gasteiger partial charge in [0.1, 0.15) is 17.1 Å². The van der Waals surface area contributed by atoms with E-state index in [9.17, 15) is 4.79 Å². The van der Waals surface area contributed by atoms with Gasteiger partial charge in [0.2, 0.25) is 0 Å². The summed E-state index contributed by atoms with van der Waals surface area (Å²) in [5.41, 5.74) is 1.29. The fraction of sp³-hybridized carbons (Fsp3) is 0.417. The largest absolute Gasteiger partial charge is 0.496 e. The number of aryl methyl sites for hydroxylation is 1. The predicted octanol–water partition coefficient (Wildman–Crippen LogP) is 2.19. The molecule has 0 bridgehead atoms. The van der Waals surface area contributed by atoms with Crippen LogP contribution in [0.2, 0.25) is 0 Å². The van der Waals surface area contributed by atoms with Crippen molar-refractivity contribution in [3.63, 3.8) is 0 Å². The van der Waals surface area contributed by atoms with Crippen molar-refractivity contribution in [1.82, 2.24) is 0 Å². The Balaban J connectivity index is 3.17. The summed E-state index contributed by atoms with van der Waals surface area (Å²) in [5.74, 6) is 0.760. The van der Waals surface area contributed by atoms with E-state index in [0.29, 0.717) is 23.7 Å². The van der Waals surface area contributed by atoms with Gasteiger partial charge in [-0.1, -0.05) is 0 Å². The molecule has 0 spiro atoms. The van der Waals surface area contributed by atoms with E-state index in [4.69, 9.17) is 14.2 Å². The monoisotopic (exact) mass is 224 g/mol. The van der Waals surface area contributed by atoms with Crippen LogP contribution in [-0.4, -0.2) is 26.8 Å². The van der Waals surface area contributed by atoms with Crippen molar-refractivity contribution in [2.45, 2.75) is 13.8 Å². The fourth-order valence-electron chi connectivity index (χ4n) is 1.43. The molecule has 0 fully saturated rings. The first-order valence-electron chi connectivity index (χ1n) is 5.03. The Morgan fingerprint density at radius 3 is 2.31 bits per heavy atom. The quantitative estimate of drug-likeness (QED) is 0.735. The number of methoxy groups -OCH3 is 2. The summed E-state index contributed by atoms with van der Waals surface area (Å²) >= 11 is 0. The molecular formula is C12H16O4. The van der Waals surface area contributed by atoms with Crippen LogP contribution >= 0.6 is 0 Å². The van der Waals surface area contributed by atoms with E-state index in [-0.39, 0.29) is 5.97 Å². The Hall–Kier alpha value is -1.71. The van der Waals surface area contributed by atoms with Gasteiger partial charge >= 0.3 is 5.97 Å². The minimum Gasteiger partial charge on any atom is -0.496 e. The van der Waals surface area contributed by atoms with Gasteiger partial charge in [-0.05, 0) is 25.5 Å². The highest BCUT2D eigenvalue weighted by atomic mass is 16.5. The smallest absolute Gasteiger partial charge is 0.341 e. The summed E-state index contributed by atoms with van der Waals surface area (Å²) in [6.07, 6.45) is 0. The van der Waals surface area contributed by atoms with Crippen molar-refractivity contribution in [1.29, 1.82) is 0 Å². The van der Waals surface area contributed by atoms with Crippen molar-refractivity contribution in [2.24, 2.45) is 0 Å². The van der Waals surface area contributed by atoms with E-state index in [1.54, 1.807) is 26.2 Å². The van der Waals surface area contributed by atoms with E-state index in [1.165, 1.54) is 7.11 Å². The standard InChI is InChI=1S/C12H16O4/c1-5-16-12(13)9-6-8(2)10(14-3)7-11(9)15-4/h6-7H,5H2,1-4H3. The Labute approximate surface area is 95.1 Å². The zero-order chi connectivity index (χ0) is 12.1. The summed E-state index contributed by atoms with van der Waals surface area (Å²) in [6.45, 7) is 3.97.